The molecular weight excluding hydrogens is 292 g/mol. The third kappa shape index (κ3) is 1.78. The van der Waals surface area contributed by atoms with Gasteiger partial charge in [-0.25, -0.2) is 4.98 Å². The maximum atomic E-state index is 5.44. The normalized spacial score (nSPS) is 15.9. The van der Waals surface area contributed by atoms with Crippen LogP contribution in [0.5, 0.6) is 0 Å². The van der Waals surface area contributed by atoms with Gasteiger partial charge in [0.05, 0.1) is 16.0 Å². The van der Waals surface area contributed by atoms with E-state index in [1.165, 1.54) is 5.56 Å². The fraction of sp³-hybridized carbons (Fsp3) is 0.235. The van der Waals surface area contributed by atoms with Crippen molar-refractivity contribution in [3.05, 3.63) is 41.6 Å². The van der Waals surface area contributed by atoms with Crippen LogP contribution in [0.25, 0.3) is 22.6 Å². The van der Waals surface area contributed by atoms with Crippen molar-refractivity contribution in [1.82, 2.24) is 15.0 Å². The first-order chi connectivity index (χ1) is 10.5. The smallest absolute Gasteiger partial charge is 0.157 e. The van der Waals surface area contributed by atoms with Crippen molar-refractivity contribution in [1.29, 1.82) is 0 Å². The van der Waals surface area contributed by atoms with Gasteiger partial charge in [-0.2, -0.15) is 0 Å². The van der Waals surface area contributed by atoms with E-state index in [1.807, 2.05) is 19.1 Å². The van der Waals surface area contributed by atoms with Gasteiger partial charge in [0.1, 0.15) is 5.69 Å². The molecule has 1 aliphatic rings. The summed E-state index contributed by atoms with van der Waals surface area (Å²) in [6, 6.07) is 8.18. The van der Waals surface area contributed by atoms with Gasteiger partial charge in [0, 0.05) is 17.3 Å². The van der Waals surface area contributed by atoms with E-state index in [0.29, 0.717) is 0 Å². The number of benzene rings is 1. The van der Waals surface area contributed by atoms with Gasteiger partial charge in [-0.15, -0.1) is 0 Å². The monoisotopic (exact) mass is 308 g/mol. The Kier molecular flexibility index (Phi) is 2.66. The third-order valence-corrected chi connectivity index (χ3v) is 4.96. The molecular formula is C17H16N4S. The van der Waals surface area contributed by atoms with Crippen LogP contribution in [0, 0.1) is 6.92 Å². The molecule has 0 fully saturated rings. The molecule has 1 aromatic carbocycles. The molecule has 0 spiro atoms. The van der Waals surface area contributed by atoms with E-state index in [4.69, 9.17) is 17.2 Å². The number of aromatic amines is 1. The molecule has 0 radical (unpaired) electrons. The summed E-state index contributed by atoms with van der Waals surface area (Å²) in [5, 5.41) is 3.30. The van der Waals surface area contributed by atoms with Crippen LogP contribution in [0.2, 0.25) is 0 Å². The summed E-state index contributed by atoms with van der Waals surface area (Å²) >= 11 is 5.44. The van der Waals surface area contributed by atoms with Crippen LogP contribution in [-0.2, 0) is 5.41 Å². The Morgan fingerprint density at radius 3 is 2.82 bits per heavy atom. The summed E-state index contributed by atoms with van der Waals surface area (Å²) < 4.78 is 0. The molecule has 2 aromatic heterocycles. The Morgan fingerprint density at radius 1 is 1.23 bits per heavy atom. The molecule has 4 rings (SSSR count). The summed E-state index contributed by atoms with van der Waals surface area (Å²) in [5.41, 5.74) is 6.04. The van der Waals surface area contributed by atoms with Crippen molar-refractivity contribution in [3.63, 3.8) is 0 Å². The van der Waals surface area contributed by atoms with Crippen molar-refractivity contribution in [2.45, 2.75) is 26.2 Å². The third-order valence-electron chi connectivity index (χ3n) is 4.34. The molecule has 0 unspecified atom stereocenters. The predicted molar refractivity (Wildman–Crippen MR) is 93.3 cm³/mol. The highest BCUT2D eigenvalue weighted by molar-refractivity contribution is 7.80. The molecule has 3 heterocycles. The minimum atomic E-state index is -0.148. The SMILES string of the molecule is Cc1cccnc1-c1nc2cc3c(cc2[nH]1)C(C)(C)C(=S)N3. The summed E-state index contributed by atoms with van der Waals surface area (Å²) in [6.45, 7) is 6.32. The topological polar surface area (TPSA) is 53.6 Å². The number of aryl methyl sites for hydroxylation is 1. The van der Waals surface area contributed by atoms with Gasteiger partial charge < -0.3 is 10.3 Å². The number of fused-ring (bicyclic) bond motifs is 2. The second kappa shape index (κ2) is 4.36. The van der Waals surface area contributed by atoms with Gasteiger partial charge in [-0.05, 0) is 50.1 Å². The molecule has 1 aliphatic heterocycles. The maximum Gasteiger partial charge on any atom is 0.157 e. The second-order valence-electron chi connectivity index (χ2n) is 6.25. The van der Waals surface area contributed by atoms with Crippen molar-refractivity contribution >= 4 is 33.9 Å². The van der Waals surface area contributed by atoms with E-state index in [9.17, 15) is 0 Å². The Hall–Kier alpha value is -2.27. The largest absolute Gasteiger partial charge is 0.349 e. The molecule has 2 N–H and O–H groups in total. The number of aromatic nitrogens is 3. The van der Waals surface area contributed by atoms with Gasteiger partial charge >= 0.3 is 0 Å². The molecule has 0 bridgehead atoms. The minimum absolute atomic E-state index is 0.148. The highest BCUT2D eigenvalue weighted by Gasteiger charge is 2.35. The van der Waals surface area contributed by atoms with E-state index in [2.05, 4.69) is 41.3 Å². The number of H-pyrrole nitrogens is 1. The second-order valence-corrected chi connectivity index (χ2v) is 6.66. The number of hydrogen-bond acceptors (Lipinski definition) is 3. The quantitative estimate of drug-likeness (QED) is 0.668. The Morgan fingerprint density at radius 2 is 2.05 bits per heavy atom. The lowest BCUT2D eigenvalue weighted by molar-refractivity contribution is 0.748. The molecule has 22 heavy (non-hydrogen) atoms. The van der Waals surface area contributed by atoms with Gasteiger partial charge in [0.25, 0.3) is 0 Å². The van der Waals surface area contributed by atoms with E-state index in [1.54, 1.807) is 6.20 Å². The zero-order chi connectivity index (χ0) is 15.5. The van der Waals surface area contributed by atoms with Crippen LogP contribution in [0.1, 0.15) is 25.0 Å². The van der Waals surface area contributed by atoms with Crippen molar-refractivity contribution in [3.8, 4) is 11.5 Å². The molecule has 0 saturated carbocycles. The molecule has 110 valence electrons. The van der Waals surface area contributed by atoms with Crippen LogP contribution < -0.4 is 5.32 Å². The Balaban J connectivity index is 1.91. The van der Waals surface area contributed by atoms with Crippen LogP contribution in [-0.4, -0.2) is 19.9 Å². The van der Waals surface area contributed by atoms with Crippen molar-refractivity contribution < 1.29 is 0 Å². The fourth-order valence-electron chi connectivity index (χ4n) is 2.92. The highest BCUT2D eigenvalue weighted by Crippen LogP contribution is 2.40. The lowest BCUT2D eigenvalue weighted by Crippen LogP contribution is -2.25. The maximum absolute atomic E-state index is 5.44. The van der Waals surface area contributed by atoms with Crippen LogP contribution in [0.3, 0.4) is 0 Å². The number of anilines is 1. The van der Waals surface area contributed by atoms with Crippen LogP contribution in [0.4, 0.5) is 5.69 Å². The summed E-state index contributed by atoms with van der Waals surface area (Å²) in [7, 11) is 0. The molecule has 0 atom stereocenters. The Bertz CT molecular complexity index is 924. The van der Waals surface area contributed by atoms with E-state index < -0.39 is 0 Å². The van der Waals surface area contributed by atoms with Gasteiger partial charge in [0.15, 0.2) is 5.82 Å². The van der Waals surface area contributed by atoms with Crippen LogP contribution in [0.15, 0.2) is 30.5 Å². The number of hydrogen-bond donors (Lipinski definition) is 2. The van der Waals surface area contributed by atoms with Gasteiger partial charge in [-0.3, -0.25) is 4.98 Å². The minimum Gasteiger partial charge on any atom is -0.349 e. The standard InChI is InChI=1S/C17H16N4S/c1-9-5-4-6-18-14(9)15-19-12-7-10-11(8-13(12)20-15)21-16(22)17(10,2)3/h4-8H,1-3H3,(H,19,20)(H,21,22). The van der Waals surface area contributed by atoms with E-state index in [0.717, 1.165) is 38.8 Å². The lowest BCUT2D eigenvalue weighted by atomic mass is 9.86. The number of nitrogens with zero attached hydrogens (tertiary/aromatic N) is 2. The lowest BCUT2D eigenvalue weighted by Gasteiger charge is -2.17. The van der Waals surface area contributed by atoms with Crippen molar-refractivity contribution in [2.75, 3.05) is 5.32 Å². The zero-order valence-corrected chi connectivity index (χ0v) is 13.5. The average Bonchev–Trinajstić information content (AvgIpc) is 2.97. The zero-order valence-electron chi connectivity index (χ0n) is 12.7. The van der Waals surface area contributed by atoms with Gasteiger partial charge in [0.2, 0.25) is 0 Å². The highest BCUT2D eigenvalue weighted by atomic mass is 32.1. The Labute approximate surface area is 134 Å². The summed E-state index contributed by atoms with van der Waals surface area (Å²) in [4.78, 5) is 13.4. The number of pyridine rings is 1. The first-order valence-electron chi connectivity index (χ1n) is 7.24. The number of rotatable bonds is 1. The molecule has 0 saturated heterocycles. The predicted octanol–water partition coefficient (Wildman–Crippen LogP) is 3.96. The number of nitrogens with one attached hydrogen (secondary N) is 2. The molecule has 4 nitrogen and oxygen atoms in total. The summed E-state index contributed by atoms with van der Waals surface area (Å²) in [5.74, 6) is 0.803. The number of imidazole rings is 1. The number of thiocarbonyl (C=S) groups is 1. The molecule has 0 aliphatic carbocycles. The summed E-state index contributed by atoms with van der Waals surface area (Å²) in [6.07, 6.45) is 1.79. The first kappa shape index (κ1) is 13.4. The van der Waals surface area contributed by atoms with Gasteiger partial charge in [-0.1, -0.05) is 18.3 Å². The molecule has 0 amide bonds. The fourth-order valence-corrected chi connectivity index (χ4v) is 3.14. The average molecular weight is 308 g/mol. The van der Waals surface area contributed by atoms with E-state index >= 15 is 0 Å². The van der Waals surface area contributed by atoms with E-state index in [-0.39, 0.29) is 5.41 Å². The van der Waals surface area contributed by atoms with Crippen LogP contribution >= 0.6 is 12.2 Å². The molecule has 5 heteroatoms. The molecule has 3 aromatic rings. The first-order valence-corrected chi connectivity index (χ1v) is 7.65. The van der Waals surface area contributed by atoms with Crippen molar-refractivity contribution in [2.24, 2.45) is 0 Å².